The zero-order valence-corrected chi connectivity index (χ0v) is 7.47. The van der Waals surface area contributed by atoms with E-state index in [1.54, 1.807) is 0 Å². The van der Waals surface area contributed by atoms with E-state index in [4.69, 9.17) is 0 Å². The lowest BCUT2D eigenvalue weighted by Gasteiger charge is -1.80. The van der Waals surface area contributed by atoms with Crippen LogP contribution in [0.25, 0.3) is 0 Å². The fourth-order valence-corrected chi connectivity index (χ4v) is 0.720. The third-order valence-electron chi connectivity index (χ3n) is 0.733. The Kier molecular flexibility index (Phi) is 4.61. The van der Waals surface area contributed by atoms with E-state index in [1.807, 2.05) is 30.3 Å². The van der Waals surface area contributed by atoms with Crippen molar-refractivity contribution in [1.29, 1.82) is 0 Å². The summed E-state index contributed by atoms with van der Waals surface area (Å²) in [6, 6.07) is 9.97. The second-order valence-corrected chi connectivity index (χ2v) is 2.21. The number of halogens is 1. The molecule has 0 spiro atoms. The van der Waals surface area contributed by atoms with Crippen LogP contribution in [0.4, 0.5) is 0 Å². The maximum absolute atomic E-state index is 3.31. The van der Waals surface area contributed by atoms with E-state index in [1.165, 1.54) is 0 Å². The second-order valence-electron chi connectivity index (χ2n) is 1.30. The fraction of sp³-hybridized carbons (Fsp3) is 0. The molecule has 0 heterocycles. The summed E-state index contributed by atoms with van der Waals surface area (Å²) >= 11 is 3.31. The Balaban J connectivity index is 0.000000490. The second kappa shape index (κ2) is 4.36. The van der Waals surface area contributed by atoms with Crippen molar-refractivity contribution < 1.29 is 0 Å². The first-order valence-corrected chi connectivity index (χ1v) is 2.89. The van der Waals surface area contributed by atoms with E-state index in [0.717, 1.165) is 4.47 Å². The summed E-state index contributed by atoms with van der Waals surface area (Å²) in [5.74, 6) is 0. The lowest BCUT2D eigenvalue weighted by atomic mass is 10.4. The molecule has 1 rings (SSSR count). The van der Waals surface area contributed by atoms with Gasteiger partial charge in [0.15, 0.2) is 0 Å². The Hall–Kier alpha value is 0.466. The molecule has 1 aromatic rings. The van der Waals surface area contributed by atoms with Gasteiger partial charge < -0.3 is 0 Å². The van der Waals surface area contributed by atoms with Crippen LogP contribution in [0.15, 0.2) is 34.8 Å². The molecule has 1 aromatic carbocycles. The third kappa shape index (κ3) is 2.70. The highest BCUT2D eigenvalue weighted by molar-refractivity contribution is 9.10. The maximum atomic E-state index is 3.31. The van der Waals surface area contributed by atoms with Crippen molar-refractivity contribution in [3.05, 3.63) is 34.8 Å². The first-order valence-electron chi connectivity index (χ1n) is 2.10. The number of rotatable bonds is 0. The highest BCUT2D eigenvalue weighted by Crippen LogP contribution is 2.05. The van der Waals surface area contributed by atoms with Gasteiger partial charge in [0, 0.05) is 27.5 Å². The fourth-order valence-electron chi connectivity index (χ4n) is 0.415. The third-order valence-corrected chi connectivity index (χ3v) is 1.26. The van der Waals surface area contributed by atoms with Gasteiger partial charge in [-0.25, -0.2) is 0 Å². The van der Waals surface area contributed by atoms with Gasteiger partial charge in [-0.15, -0.1) is 0 Å². The van der Waals surface area contributed by atoms with E-state index in [-0.39, 0.29) is 23.1 Å². The summed E-state index contributed by atoms with van der Waals surface area (Å²) in [5, 5.41) is 0. The van der Waals surface area contributed by atoms with Gasteiger partial charge in [0.25, 0.3) is 0 Å². The predicted octanol–water partition coefficient (Wildman–Crippen LogP) is 2.07. The minimum atomic E-state index is 0. The monoisotopic (exact) mass is 180 g/mol. The maximum Gasteiger partial charge on any atom is 0.0175 e. The number of benzene rings is 1. The molecule has 8 heavy (non-hydrogen) atoms. The van der Waals surface area contributed by atoms with Crippen LogP contribution in [0.2, 0.25) is 0 Å². The highest BCUT2D eigenvalue weighted by atomic mass is 79.9. The van der Waals surface area contributed by atoms with Crippen LogP contribution in [0.3, 0.4) is 0 Å². The summed E-state index contributed by atoms with van der Waals surface area (Å²) < 4.78 is 1.13. The van der Waals surface area contributed by atoms with Crippen LogP contribution in [-0.2, 0) is 0 Å². The standard InChI is InChI=1S/C6H5Br.Mg/c7-6-4-2-1-3-5-6;/h1-5H;. The Labute approximate surface area is 73.6 Å². The minimum Gasteiger partial charge on any atom is -0.0622 e. The van der Waals surface area contributed by atoms with Crippen molar-refractivity contribution in [3.8, 4) is 0 Å². The summed E-state index contributed by atoms with van der Waals surface area (Å²) in [5.41, 5.74) is 0. The van der Waals surface area contributed by atoms with Crippen molar-refractivity contribution >= 4 is 39.0 Å². The zero-order valence-electron chi connectivity index (χ0n) is 4.47. The molecule has 2 radical (unpaired) electrons. The molecule has 0 nitrogen and oxygen atoms in total. The van der Waals surface area contributed by atoms with Crippen molar-refractivity contribution in [2.45, 2.75) is 0 Å². The van der Waals surface area contributed by atoms with Gasteiger partial charge in [-0.3, -0.25) is 0 Å². The molecular weight excluding hydrogens is 176 g/mol. The van der Waals surface area contributed by atoms with Crippen LogP contribution < -0.4 is 0 Å². The topological polar surface area (TPSA) is 0 Å². The largest absolute Gasteiger partial charge is 0.0622 e. The van der Waals surface area contributed by atoms with E-state index in [0.29, 0.717) is 0 Å². The lowest BCUT2D eigenvalue weighted by molar-refractivity contribution is 1.66. The van der Waals surface area contributed by atoms with Gasteiger partial charge >= 0.3 is 0 Å². The summed E-state index contributed by atoms with van der Waals surface area (Å²) in [6.45, 7) is 0. The molecule has 2 heteroatoms. The Morgan fingerprint density at radius 1 is 1.00 bits per heavy atom. The zero-order chi connectivity index (χ0) is 5.11. The van der Waals surface area contributed by atoms with E-state index in [9.17, 15) is 0 Å². The van der Waals surface area contributed by atoms with Crippen molar-refractivity contribution in [1.82, 2.24) is 0 Å². The molecule has 0 bridgehead atoms. The van der Waals surface area contributed by atoms with Crippen LogP contribution in [0.5, 0.6) is 0 Å². The first-order chi connectivity index (χ1) is 3.39. The van der Waals surface area contributed by atoms with E-state index >= 15 is 0 Å². The predicted molar refractivity (Wildman–Crippen MR) is 39.9 cm³/mol. The number of hydrogen-bond donors (Lipinski definition) is 0. The quantitative estimate of drug-likeness (QED) is 0.538. The van der Waals surface area contributed by atoms with Crippen LogP contribution in [0, 0.1) is 0 Å². The van der Waals surface area contributed by atoms with E-state index in [2.05, 4.69) is 15.9 Å². The number of hydrogen-bond acceptors (Lipinski definition) is 0. The molecule has 0 amide bonds. The van der Waals surface area contributed by atoms with Crippen molar-refractivity contribution in [3.63, 3.8) is 0 Å². The van der Waals surface area contributed by atoms with Gasteiger partial charge in [0.05, 0.1) is 0 Å². The first kappa shape index (κ1) is 8.47. The van der Waals surface area contributed by atoms with Gasteiger partial charge in [0.1, 0.15) is 0 Å². The summed E-state index contributed by atoms with van der Waals surface area (Å²) in [7, 11) is 0. The van der Waals surface area contributed by atoms with Crippen molar-refractivity contribution in [2.24, 2.45) is 0 Å². The molecule has 0 fully saturated rings. The molecule has 0 unspecified atom stereocenters. The smallest absolute Gasteiger partial charge is 0.0175 e. The molecule has 0 saturated heterocycles. The molecule has 0 saturated carbocycles. The van der Waals surface area contributed by atoms with Crippen LogP contribution >= 0.6 is 15.9 Å². The van der Waals surface area contributed by atoms with Gasteiger partial charge in [-0.05, 0) is 12.1 Å². The Morgan fingerprint density at radius 3 is 1.75 bits per heavy atom. The molecule has 0 N–H and O–H groups in total. The summed E-state index contributed by atoms with van der Waals surface area (Å²) in [4.78, 5) is 0. The minimum absolute atomic E-state index is 0. The molecular formula is C6H5BrMg. The Morgan fingerprint density at radius 2 is 1.50 bits per heavy atom. The van der Waals surface area contributed by atoms with Crippen LogP contribution in [-0.4, -0.2) is 23.1 Å². The van der Waals surface area contributed by atoms with Gasteiger partial charge in [-0.2, -0.15) is 0 Å². The molecule has 0 aliphatic rings. The van der Waals surface area contributed by atoms with Gasteiger partial charge in [-0.1, -0.05) is 34.1 Å². The van der Waals surface area contributed by atoms with Crippen LogP contribution in [0.1, 0.15) is 0 Å². The average molecular weight is 181 g/mol. The highest BCUT2D eigenvalue weighted by Gasteiger charge is 1.74. The molecule has 0 aromatic heterocycles. The molecule has 38 valence electrons. The van der Waals surface area contributed by atoms with E-state index < -0.39 is 0 Å². The molecule has 0 aliphatic heterocycles. The normalized spacial score (nSPS) is 7.62. The molecule has 0 atom stereocenters. The SMILES string of the molecule is Brc1ccccc1.[Mg]. The summed E-state index contributed by atoms with van der Waals surface area (Å²) in [6.07, 6.45) is 0. The van der Waals surface area contributed by atoms with Crippen molar-refractivity contribution in [2.75, 3.05) is 0 Å². The molecule has 0 aliphatic carbocycles. The van der Waals surface area contributed by atoms with Gasteiger partial charge in [0.2, 0.25) is 0 Å². The lowest BCUT2D eigenvalue weighted by Crippen LogP contribution is -1.55. The average Bonchev–Trinajstić information content (AvgIpc) is 1.69. The Bertz CT molecular complexity index is 138.